The molecule has 0 unspecified atom stereocenters. The molecule has 0 saturated heterocycles. The minimum absolute atomic E-state index is 0.0744. The van der Waals surface area contributed by atoms with Crippen molar-refractivity contribution in [3.05, 3.63) is 65.9 Å². The Morgan fingerprint density at radius 2 is 1.67 bits per heavy atom. The third-order valence-electron chi connectivity index (χ3n) is 3.62. The molecular weight excluding hydrogens is 343 g/mol. The summed E-state index contributed by atoms with van der Waals surface area (Å²) in [7, 11) is -4.14. The van der Waals surface area contributed by atoms with Gasteiger partial charge < -0.3 is 5.11 Å². The Balaban J connectivity index is 2.37. The first-order chi connectivity index (χ1) is 11.3. The van der Waals surface area contributed by atoms with Crippen molar-refractivity contribution in [3.63, 3.8) is 0 Å². The fourth-order valence-corrected chi connectivity index (χ4v) is 4.15. The molecule has 2 aromatic carbocycles. The van der Waals surface area contributed by atoms with Crippen LogP contribution in [0.15, 0.2) is 59.5 Å². The number of fused-ring (bicyclic) bond motifs is 1. The predicted molar refractivity (Wildman–Crippen MR) is 81.9 cm³/mol. The fraction of sp³-hybridized carbons (Fsp3) is 0.125. The quantitative estimate of drug-likeness (QED) is 0.783. The molecule has 3 rings (SSSR count). The molecule has 1 heterocycles. The summed E-state index contributed by atoms with van der Waals surface area (Å²) in [5.74, 6) is 0. The standard InChI is InChI=1S/C16H12F3NO3S/c17-16(18,19)14-7-4-8-15-13(14)9-11(10-21)20(15)24(22,23)12-5-2-1-3-6-12/h1-9,21H,10H2. The van der Waals surface area contributed by atoms with Crippen LogP contribution in [-0.4, -0.2) is 17.5 Å². The third-order valence-corrected chi connectivity index (χ3v) is 5.40. The van der Waals surface area contributed by atoms with E-state index in [4.69, 9.17) is 0 Å². The van der Waals surface area contributed by atoms with E-state index in [0.717, 1.165) is 22.2 Å². The van der Waals surface area contributed by atoms with Crippen LogP contribution in [0.5, 0.6) is 0 Å². The summed E-state index contributed by atoms with van der Waals surface area (Å²) in [6, 6.07) is 11.7. The van der Waals surface area contributed by atoms with Crippen molar-refractivity contribution in [2.75, 3.05) is 0 Å². The van der Waals surface area contributed by atoms with Crippen molar-refractivity contribution in [1.29, 1.82) is 0 Å². The Labute approximate surface area is 135 Å². The molecule has 0 radical (unpaired) electrons. The summed E-state index contributed by atoms with van der Waals surface area (Å²) in [4.78, 5) is -0.0744. The van der Waals surface area contributed by atoms with E-state index in [1.54, 1.807) is 6.07 Å². The molecule has 0 spiro atoms. The lowest BCUT2D eigenvalue weighted by Crippen LogP contribution is -2.15. The molecule has 0 saturated carbocycles. The van der Waals surface area contributed by atoms with Gasteiger partial charge in [0.2, 0.25) is 0 Å². The molecule has 0 aliphatic carbocycles. The third kappa shape index (κ3) is 2.57. The minimum atomic E-state index is -4.63. The highest BCUT2D eigenvalue weighted by atomic mass is 32.2. The smallest absolute Gasteiger partial charge is 0.390 e. The summed E-state index contributed by atoms with van der Waals surface area (Å²) in [5, 5.41) is 9.19. The maximum atomic E-state index is 13.2. The van der Waals surface area contributed by atoms with Gasteiger partial charge in [-0.3, -0.25) is 0 Å². The van der Waals surface area contributed by atoms with E-state index in [0.29, 0.717) is 0 Å². The number of rotatable bonds is 3. The average Bonchev–Trinajstić information content (AvgIpc) is 2.93. The van der Waals surface area contributed by atoms with Crippen LogP contribution in [0.25, 0.3) is 10.9 Å². The van der Waals surface area contributed by atoms with Crippen LogP contribution in [0.2, 0.25) is 0 Å². The van der Waals surface area contributed by atoms with Crippen LogP contribution in [0.4, 0.5) is 13.2 Å². The highest BCUT2D eigenvalue weighted by molar-refractivity contribution is 7.90. The summed E-state index contributed by atoms with van der Waals surface area (Å²) in [6.07, 6.45) is -4.63. The van der Waals surface area contributed by atoms with Crippen LogP contribution >= 0.6 is 0 Å². The van der Waals surface area contributed by atoms with Gasteiger partial charge in [0.05, 0.1) is 28.3 Å². The Morgan fingerprint density at radius 1 is 1.00 bits per heavy atom. The monoisotopic (exact) mass is 355 g/mol. The molecule has 8 heteroatoms. The van der Waals surface area contributed by atoms with E-state index in [-0.39, 0.29) is 21.5 Å². The first-order valence-electron chi connectivity index (χ1n) is 6.89. The zero-order valence-corrected chi connectivity index (χ0v) is 13.0. The Kier molecular flexibility index (Phi) is 3.89. The van der Waals surface area contributed by atoms with Gasteiger partial charge in [0, 0.05) is 5.39 Å². The Bertz CT molecular complexity index is 993. The zero-order valence-electron chi connectivity index (χ0n) is 12.2. The maximum Gasteiger partial charge on any atom is 0.417 e. The molecule has 3 aromatic rings. The lowest BCUT2D eigenvalue weighted by atomic mass is 10.1. The predicted octanol–water partition coefficient (Wildman–Crippen LogP) is 3.39. The number of aromatic nitrogens is 1. The van der Waals surface area contributed by atoms with Crippen LogP contribution in [0, 0.1) is 0 Å². The molecule has 1 N–H and O–H groups in total. The van der Waals surface area contributed by atoms with Crippen LogP contribution in [0.1, 0.15) is 11.3 Å². The topological polar surface area (TPSA) is 59.3 Å². The molecule has 0 aliphatic rings. The summed E-state index contributed by atoms with van der Waals surface area (Å²) in [5.41, 5.74) is -1.21. The second-order valence-corrected chi connectivity index (χ2v) is 6.90. The molecular formula is C16H12F3NO3S. The van der Waals surface area contributed by atoms with E-state index in [1.807, 2.05) is 0 Å². The average molecular weight is 355 g/mol. The molecule has 0 bridgehead atoms. The van der Waals surface area contributed by atoms with Crippen molar-refractivity contribution >= 4 is 20.9 Å². The number of aliphatic hydroxyl groups excluding tert-OH is 1. The summed E-state index contributed by atoms with van der Waals surface area (Å²) < 4.78 is 65.9. The Hall–Kier alpha value is -2.32. The molecule has 0 fully saturated rings. The van der Waals surface area contributed by atoms with Gasteiger partial charge in [-0.2, -0.15) is 13.2 Å². The maximum absolute atomic E-state index is 13.2. The first kappa shape index (κ1) is 16.5. The normalized spacial score (nSPS) is 12.7. The summed E-state index contributed by atoms with van der Waals surface area (Å²) >= 11 is 0. The Morgan fingerprint density at radius 3 is 2.25 bits per heavy atom. The molecule has 24 heavy (non-hydrogen) atoms. The van der Waals surface area contributed by atoms with Crippen molar-refractivity contribution in [3.8, 4) is 0 Å². The van der Waals surface area contributed by atoms with Gasteiger partial charge >= 0.3 is 6.18 Å². The SMILES string of the molecule is O=S(=O)(c1ccccc1)n1c(CO)cc2c(C(F)(F)F)cccc21. The van der Waals surface area contributed by atoms with Gasteiger partial charge in [-0.1, -0.05) is 24.3 Å². The van der Waals surface area contributed by atoms with Crippen LogP contribution < -0.4 is 0 Å². The van der Waals surface area contributed by atoms with E-state index in [2.05, 4.69) is 0 Å². The molecule has 4 nitrogen and oxygen atoms in total. The van der Waals surface area contributed by atoms with Gasteiger partial charge in [-0.15, -0.1) is 0 Å². The van der Waals surface area contributed by atoms with Crippen molar-refractivity contribution < 1.29 is 26.7 Å². The van der Waals surface area contributed by atoms with Gasteiger partial charge in [-0.25, -0.2) is 12.4 Å². The summed E-state index contributed by atoms with van der Waals surface area (Å²) in [6.45, 7) is -0.710. The first-order valence-corrected chi connectivity index (χ1v) is 8.33. The van der Waals surface area contributed by atoms with E-state index in [9.17, 15) is 26.7 Å². The minimum Gasteiger partial charge on any atom is -0.390 e. The second-order valence-electron chi connectivity index (χ2n) is 5.11. The van der Waals surface area contributed by atoms with Crippen molar-refractivity contribution in [2.24, 2.45) is 0 Å². The van der Waals surface area contributed by atoms with E-state index in [1.165, 1.54) is 30.3 Å². The number of aliphatic hydroxyl groups is 1. The van der Waals surface area contributed by atoms with E-state index >= 15 is 0 Å². The number of halogens is 3. The second kappa shape index (κ2) is 5.64. The fourth-order valence-electron chi connectivity index (χ4n) is 2.60. The molecule has 1 aromatic heterocycles. The van der Waals surface area contributed by atoms with Crippen LogP contribution in [0.3, 0.4) is 0 Å². The lowest BCUT2D eigenvalue weighted by Gasteiger charge is -2.12. The van der Waals surface area contributed by atoms with Gasteiger partial charge in [0.25, 0.3) is 10.0 Å². The lowest BCUT2D eigenvalue weighted by molar-refractivity contribution is -0.136. The van der Waals surface area contributed by atoms with Gasteiger partial charge in [0.15, 0.2) is 0 Å². The van der Waals surface area contributed by atoms with Crippen LogP contribution in [-0.2, 0) is 22.8 Å². The number of nitrogens with zero attached hydrogens (tertiary/aromatic N) is 1. The van der Waals surface area contributed by atoms with Crippen molar-refractivity contribution in [2.45, 2.75) is 17.7 Å². The largest absolute Gasteiger partial charge is 0.417 e. The number of hydrogen-bond acceptors (Lipinski definition) is 3. The number of alkyl halides is 3. The highest BCUT2D eigenvalue weighted by Crippen LogP contribution is 2.37. The number of hydrogen-bond donors (Lipinski definition) is 1. The molecule has 126 valence electrons. The van der Waals surface area contributed by atoms with E-state index < -0.39 is 28.4 Å². The molecule has 0 atom stereocenters. The van der Waals surface area contributed by atoms with Gasteiger partial charge in [-0.05, 0) is 30.3 Å². The molecule has 0 aliphatic heterocycles. The zero-order chi connectivity index (χ0) is 17.5. The highest BCUT2D eigenvalue weighted by Gasteiger charge is 2.34. The van der Waals surface area contributed by atoms with Crippen molar-refractivity contribution in [1.82, 2.24) is 3.97 Å². The number of benzene rings is 2. The molecule has 0 amide bonds. The van der Waals surface area contributed by atoms with Gasteiger partial charge in [0.1, 0.15) is 0 Å².